The normalized spacial score (nSPS) is 13.2. The van der Waals surface area contributed by atoms with Crippen molar-refractivity contribution in [3.05, 3.63) is 253 Å². The van der Waals surface area contributed by atoms with Crippen LogP contribution in [-0.4, -0.2) is 4.57 Å². The van der Waals surface area contributed by atoms with Gasteiger partial charge in [-0.3, -0.25) is 0 Å². The summed E-state index contributed by atoms with van der Waals surface area (Å²) in [6, 6.07) is 85.9. The lowest BCUT2D eigenvalue weighted by Crippen LogP contribution is -2.25. The lowest BCUT2D eigenvalue weighted by atomic mass is 9.70. The molecule has 12 aromatic rings. The molecule has 2 aliphatic carbocycles. The van der Waals surface area contributed by atoms with Gasteiger partial charge in [0.15, 0.2) is 0 Å². The summed E-state index contributed by atoms with van der Waals surface area (Å²) in [5.41, 5.74) is 17.1. The predicted octanol–water partition coefficient (Wildman–Crippen LogP) is 16.1. The van der Waals surface area contributed by atoms with E-state index in [1.165, 1.54) is 98.6 Å². The fraction of sp³-hybridized carbons (Fsp3) is 0.0164. The summed E-state index contributed by atoms with van der Waals surface area (Å²) in [6.45, 7) is 0. The van der Waals surface area contributed by atoms with Crippen LogP contribution in [0, 0.1) is 0 Å². The van der Waals surface area contributed by atoms with Crippen LogP contribution in [0.2, 0.25) is 0 Å². The maximum Gasteiger partial charge on any atom is 0.0725 e. The molecular weight excluding hydrogens is 761 g/mol. The van der Waals surface area contributed by atoms with E-state index in [1.807, 2.05) is 0 Å². The Bertz CT molecular complexity index is 3790. The molecule has 2 nitrogen and oxygen atoms in total. The molecule has 1 aromatic heterocycles. The van der Waals surface area contributed by atoms with Gasteiger partial charge in [-0.1, -0.05) is 170 Å². The molecule has 0 saturated heterocycles. The largest absolute Gasteiger partial charge is 0.310 e. The summed E-state index contributed by atoms with van der Waals surface area (Å²) >= 11 is 0. The monoisotopic (exact) mass is 798 g/mol. The molecule has 1 heterocycles. The SMILES string of the molecule is c1ccc(-n2c3ccccc3c3cc(N(c4ccc5c(c4)-c4ccccc4C54c5ccccc5-c5ccccc54)c4ccc5c6ccccc6c6ccccc6c5c4)ccc32)cc1. The molecule has 2 heteroatoms. The predicted molar refractivity (Wildman–Crippen MR) is 264 cm³/mol. The van der Waals surface area contributed by atoms with E-state index in [0.29, 0.717) is 0 Å². The van der Waals surface area contributed by atoms with E-state index in [0.717, 1.165) is 22.7 Å². The number of rotatable bonds is 4. The highest BCUT2D eigenvalue weighted by atomic mass is 15.1. The van der Waals surface area contributed by atoms with Crippen LogP contribution in [0.1, 0.15) is 22.3 Å². The van der Waals surface area contributed by atoms with Crippen LogP contribution in [0.15, 0.2) is 231 Å². The van der Waals surface area contributed by atoms with E-state index < -0.39 is 5.41 Å². The maximum absolute atomic E-state index is 2.49. The molecule has 63 heavy (non-hydrogen) atoms. The summed E-state index contributed by atoms with van der Waals surface area (Å²) in [7, 11) is 0. The number of nitrogens with zero attached hydrogens (tertiary/aromatic N) is 2. The fourth-order valence-electron chi connectivity index (χ4n) is 11.7. The first-order valence-corrected chi connectivity index (χ1v) is 21.9. The average Bonchev–Trinajstić information content (AvgIpc) is 3.96. The Morgan fingerprint density at radius 1 is 0.270 bits per heavy atom. The van der Waals surface area contributed by atoms with Gasteiger partial charge in [0.25, 0.3) is 0 Å². The van der Waals surface area contributed by atoms with Gasteiger partial charge in [0.05, 0.1) is 16.4 Å². The molecular formula is C61H38N2. The lowest BCUT2D eigenvalue weighted by Gasteiger charge is -2.31. The Kier molecular flexibility index (Phi) is 7.07. The van der Waals surface area contributed by atoms with Gasteiger partial charge < -0.3 is 9.47 Å². The number of benzene rings is 11. The molecule has 14 rings (SSSR count). The Balaban J connectivity index is 1.05. The van der Waals surface area contributed by atoms with Crippen molar-refractivity contribution in [2.75, 3.05) is 4.90 Å². The molecule has 0 saturated carbocycles. The number of hydrogen-bond acceptors (Lipinski definition) is 1. The zero-order chi connectivity index (χ0) is 41.2. The minimum atomic E-state index is -0.399. The molecule has 11 aromatic carbocycles. The molecule has 2 aliphatic rings. The molecule has 0 N–H and O–H groups in total. The van der Waals surface area contributed by atoms with Crippen LogP contribution in [0.25, 0.3) is 82.1 Å². The van der Waals surface area contributed by atoms with E-state index in [4.69, 9.17) is 0 Å². The number of para-hydroxylation sites is 2. The number of hydrogen-bond donors (Lipinski definition) is 0. The highest BCUT2D eigenvalue weighted by molar-refractivity contribution is 6.26. The lowest BCUT2D eigenvalue weighted by molar-refractivity contribution is 0.794. The molecule has 0 aliphatic heterocycles. The molecule has 0 unspecified atom stereocenters. The average molecular weight is 799 g/mol. The van der Waals surface area contributed by atoms with Crippen LogP contribution >= 0.6 is 0 Å². The first-order valence-electron chi connectivity index (χ1n) is 21.9. The summed E-state index contributed by atoms with van der Waals surface area (Å²) < 4.78 is 2.40. The molecule has 0 radical (unpaired) electrons. The van der Waals surface area contributed by atoms with E-state index in [2.05, 4.69) is 240 Å². The standard InChI is InChI=1S/C61H38N2/c1-2-16-39(17-3-1)63-59-29-15-11-25-51(59)54-38-42(32-35-60(54)63)62(40-30-33-47-45-20-5-4-18-43(45)44-19-6-7-21-46(44)52(47)36-40)41-31-34-58-53(37-41)50-24-10-14-28-57(50)61(58)55-26-12-8-22-48(55)49-23-9-13-27-56(49)61/h1-38H. The van der Waals surface area contributed by atoms with E-state index in [9.17, 15) is 0 Å². The minimum absolute atomic E-state index is 0.399. The van der Waals surface area contributed by atoms with Gasteiger partial charge in [-0.15, -0.1) is 0 Å². The number of anilines is 3. The Hall–Kier alpha value is -8.20. The van der Waals surface area contributed by atoms with Gasteiger partial charge in [-0.25, -0.2) is 0 Å². The van der Waals surface area contributed by atoms with Crippen LogP contribution in [0.5, 0.6) is 0 Å². The molecule has 0 fully saturated rings. The molecule has 0 bridgehead atoms. The van der Waals surface area contributed by atoms with Crippen molar-refractivity contribution in [3.63, 3.8) is 0 Å². The fourth-order valence-corrected chi connectivity index (χ4v) is 11.7. The molecule has 0 amide bonds. The summed E-state index contributed by atoms with van der Waals surface area (Å²) in [6.07, 6.45) is 0. The van der Waals surface area contributed by atoms with Crippen molar-refractivity contribution in [1.29, 1.82) is 0 Å². The highest BCUT2D eigenvalue weighted by Gasteiger charge is 2.51. The molecule has 292 valence electrons. The highest BCUT2D eigenvalue weighted by Crippen LogP contribution is 2.63. The van der Waals surface area contributed by atoms with E-state index in [-0.39, 0.29) is 0 Å². The first kappa shape index (κ1) is 34.5. The van der Waals surface area contributed by atoms with Crippen LogP contribution in [0.3, 0.4) is 0 Å². The first-order chi connectivity index (χ1) is 31.3. The summed E-state index contributed by atoms with van der Waals surface area (Å²) in [5.74, 6) is 0. The van der Waals surface area contributed by atoms with Gasteiger partial charge in [0, 0.05) is 33.5 Å². The summed E-state index contributed by atoms with van der Waals surface area (Å²) in [5, 5.41) is 10.1. The van der Waals surface area contributed by atoms with Crippen molar-refractivity contribution in [2.45, 2.75) is 5.41 Å². The Morgan fingerprint density at radius 2 is 0.683 bits per heavy atom. The van der Waals surface area contributed by atoms with E-state index >= 15 is 0 Å². The minimum Gasteiger partial charge on any atom is -0.310 e. The molecule has 1 spiro atoms. The molecule has 0 atom stereocenters. The second-order valence-corrected chi connectivity index (χ2v) is 17.2. The maximum atomic E-state index is 2.49. The van der Waals surface area contributed by atoms with Gasteiger partial charge in [0.2, 0.25) is 0 Å². The van der Waals surface area contributed by atoms with Crippen molar-refractivity contribution >= 4 is 71.2 Å². The van der Waals surface area contributed by atoms with Crippen molar-refractivity contribution in [1.82, 2.24) is 4.57 Å². The van der Waals surface area contributed by atoms with Crippen molar-refractivity contribution in [2.24, 2.45) is 0 Å². The zero-order valence-electron chi connectivity index (χ0n) is 34.3. The van der Waals surface area contributed by atoms with Gasteiger partial charge >= 0.3 is 0 Å². The van der Waals surface area contributed by atoms with Crippen molar-refractivity contribution < 1.29 is 0 Å². The Labute approximate surface area is 365 Å². The smallest absolute Gasteiger partial charge is 0.0725 e. The third kappa shape index (κ3) is 4.62. The topological polar surface area (TPSA) is 8.17 Å². The second-order valence-electron chi connectivity index (χ2n) is 17.2. The zero-order valence-corrected chi connectivity index (χ0v) is 34.3. The Morgan fingerprint density at radius 3 is 1.32 bits per heavy atom. The quantitative estimate of drug-likeness (QED) is 0.161. The van der Waals surface area contributed by atoms with Gasteiger partial charge in [0.1, 0.15) is 0 Å². The number of fused-ring (bicyclic) bond motifs is 19. The number of aromatic nitrogens is 1. The van der Waals surface area contributed by atoms with Crippen molar-refractivity contribution in [3.8, 4) is 27.9 Å². The van der Waals surface area contributed by atoms with Gasteiger partial charge in [-0.05, 0) is 137 Å². The van der Waals surface area contributed by atoms with Crippen LogP contribution in [0.4, 0.5) is 17.1 Å². The summed E-state index contributed by atoms with van der Waals surface area (Å²) in [4.78, 5) is 2.49. The van der Waals surface area contributed by atoms with Crippen LogP contribution in [-0.2, 0) is 5.41 Å². The third-order valence-electron chi connectivity index (χ3n) is 14.2. The van der Waals surface area contributed by atoms with Crippen LogP contribution < -0.4 is 4.90 Å². The second kappa shape index (κ2) is 12.9. The van der Waals surface area contributed by atoms with Gasteiger partial charge in [-0.2, -0.15) is 0 Å². The van der Waals surface area contributed by atoms with E-state index in [1.54, 1.807) is 0 Å². The third-order valence-corrected chi connectivity index (χ3v) is 14.2.